The average molecular weight is 346 g/mol. The molecule has 2 N–H and O–H groups in total. The number of pyridine rings is 1. The number of rotatable bonds is 6. The third-order valence-electron chi connectivity index (χ3n) is 2.79. The molecule has 0 spiro atoms. The number of thiophene rings is 1. The molecule has 21 heavy (non-hydrogen) atoms. The number of hydrogen-bond donors (Lipinski definition) is 2. The molecule has 5 nitrogen and oxygen atoms in total. The monoisotopic (exact) mass is 345 g/mol. The molecule has 0 aromatic carbocycles. The highest BCUT2D eigenvalue weighted by molar-refractivity contribution is 7.94. The number of halogens is 1. The van der Waals surface area contributed by atoms with Crippen LogP contribution < -0.4 is 10.0 Å². The lowest BCUT2D eigenvalue weighted by Crippen LogP contribution is -2.13. The molecule has 0 amide bonds. The van der Waals surface area contributed by atoms with Crippen molar-refractivity contribution in [2.75, 3.05) is 11.3 Å². The van der Waals surface area contributed by atoms with Gasteiger partial charge >= 0.3 is 0 Å². The maximum atomic E-state index is 12.4. The van der Waals surface area contributed by atoms with Crippen molar-refractivity contribution in [1.82, 2.24) is 10.3 Å². The molecular weight excluding hydrogens is 330 g/mol. The SMILES string of the molecule is CCNCc1sc(S(=O)(=O)Nc2ncccc2Cl)cc1C. The minimum atomic E-state index is -3.67. The first-order valence-corrected chi connectivity index (χ1v) is 9.05. The van der Waals surface area contributed by atoms with Crippen LogP contribution in [-0.2, 0) is 16.6 Å². The third kappa shape index (κ3) is 3.94. The van der Waals surface area contributed by atoms with Crippen LogP contribution >= 0.6 is 22.9 Å². The molecule has 2 heterocycles. The topological polar surface area (TPSA) is 71.1 Å². The fourth-order valence-electron chi connectivity index (χ4n) is 1.67. The second-order valence-corrected chi connectivity index (χ2v) is 7.84. The van der Waals surface area contributed by atoms with Gasteiger partial charge in [0.2, 0.25) is 0 Å². The van der Waals surface area contributed by atoms with Crippen LogP contribution in [0.3, 0.4) is 0 Å². The quantitative estimate of drug-likeness (QED) is 0.844. The van der Waals surface area contributed by atoms with Crippen LogP contribution in [0.25, 0.3) is 0 Å². The predicted octanol–water partition coefficient (Wildman–Crippen LogP) is 3.02. The molecule has 2 aromatic rings. The van der Waals surface area contributed by atoms with E-state index in [0.29, 0.717) is 6.54 Å². The fraction of sp³-hybridized carbons (Fsp3) is 0.308. The van der Waals surface area contributed by atoms with Crippen LogP contribution in [0.2, 0.25) is 5.02 Å². The van der Waals surface area contributed by atoms with Crippen molar-refractivity contribution in [2.45, 2.75) is 24.6 Å². The van der Waals surface area contributed by atoms with E-state index in [4.69, 9.17) is 11.6 Å². The maximum Gasteiger partial charge on any atom is 0.272 e. The number of nitrogens with one attached hydrogen (secondary N) is 2. The molecule has 0 atom stereocenters. The van der Waals surface area contributed by atoms with E-state index >= 15 is 0 Å². The number of nitrogens with zero attached hydrogens (tertiary/aromatic N) is 1. The summed E-state index contributed by atoms with van der Waals surface area (Å²) in [6.45, 7) is 5.40. The molecule has 0 radical (unpaired) electrons. The Balaban J connectivity index is 2.26. The highest BCUT2D eigenvalue weighted by Gasteiger charge is 2.20. The zero-order chi connectivity index (χ0) is 15.5. The summed E-state index contributed by atoms with van der Waals surface area (Å²) < 4.78 is 27.4. The Kier molecular flexibility index (Phi) is 5.21. The van der Waals surface area contributed by atoms with Crippen molar-refractivity contribution in [3.05, 3.63) is 39.9 Å². The lowest BCUT2D eigenvalue weighted by atomic mass is 10.3. The molecule has 0 saturated carbocycles. The van der Waals surface area contributed by atoms with Crippen molar-refractivity contribution < 1.29 is 8.42 Å². The fourth-order valence-corrected chi connectivity index (χ4v) is 4.49. The van der Waals surface area contributed by atoms with E-state index in [1.165, 1.54) is 17.5 Å². The number of sulfonamides is 1. The molecule has 0 saturated heterocycles. The second kappa shape index (κ2) is 6.74. The van der Waals surface area contributed by atoms with Crippen molar-refractivity contribution in [3.63, 3.8) is 0 Å². The summed E-state index contributed by atoms with van der Waals surface area (Å²) in [6, 6.07) is 4.89. The first kappa shape index (κ1) is 16.2. The molecule has 0 fully saturated rings. The van der Waals surface area contributed by atoms with Crippen LogP contribution in [0.15, 0.2) is 28.6 Å². The van der Waals surface area contributed by atoms with Crippen molar-refractivity contribution in [2.24, 2.45) is 0 Å². The molecule has 2 rings (SSSR count). The molecule has 0 aliphatic carbocycles. The lowest BCUT2D eigenvalue weighted by Gasteiger charge is -2.06. The normalized spacial score (nSPS) is 11.6. The Hall–Kier alpha value is -1.15. The molecule has 0 aliphatic heterocycles. The van der Waals surface area contributed by atoms with Crippen LogP contribution in [0.5, 0.6) is 0 Å². The van der Waals surface area contributed by atoms with E-state index in [-0.39, 0.29) is 15.0 Å². The van der Waals surface area contributed by atoms with Crippen molar-refractivity contribution >= 4 is 38.8 Å². The Labute approximate surface area is 133 Å². The lowest BCUT2D eigenvalue weighted by molar-refractivity contribution is 0.603. The Morgan fingerprint density at radius 1 is 1.43 bits per heavy atom. The van der Waals surface area contributed by atoms with Gasteiger partial charge in [-0.05, 0) is 37.2 Å². The highest BCUT2D eigenvalue weighted by Crippen LogP contribution is 2.28. The van der Waals surface area contributed by atoms with Crippen LogP contribution in [0, 0.1) is 6.92 Å². The minimum Gasteiger partial charge on any atom is -0.312 e. The molecule has 0 unspecified atom stereocenters. The smallest absolute Gasteiger partial charge is 0.272 e. The van der Waals surface area contributed by atoms with Gasteiger partial charge in [0.15, 0.2) is 5.82 Å². The van der Waals surface area contributed by atoms with Gasteiger partial charge < -0.3 is 5.32 Å². The number of anilines is 1. The van der Waals surface area contributed by atoms with Crippen molar-refractivity contribution in [1.29, 1.82) is 0 Å². The van der Waals surface area contributed by atoms with Crippen LogP contribution in [0.4, 0.5) is 5.82 Å². The summed E-state index contributed by atoms with van der Waals surface area (Å²) in [6.07, 6.45) is 1.49. The first-order valence-electron chi connectivity index (χ1n) is 6.37. The Morgan fingerprint density at radius 2 is 2.19 bits per heavy atom. The Bertz CT molecular complexity index is 729. The van der Waals surface area contributed by atoms with E-state index in [1.807, 2.05) is 13.8 Å². The molecule has 2 aromatic heterocycles. The second-order valence-electron chi connectivity index (χ2n) is 4.39. The van der Waals surface area contributed by atoms with Gasteiger partial charge in [-0.15, -0.1) is 11.3 Å². The van der Waals surface area contributed by atoms with Gasteiger partial charge in [-0.2, -0.15) is 0 Å². The van der Waals surface area contributed by atoms with Gasteiger partial charge in [0, 0.05) is 17.6 Å². The number of aryl methyl sites for hydroxylation is 1. The molecule has 0 aliphatic rings. The first-order chi connectivity index (χ1) is 9.94. The van der Waals surface area contributed by atoms with E-state index in [9.17, 15) is 8.42 Å². The van der Waals surface area contributed by atoms with E-state index in [2.05, 4.69) is 15.0 Å². The maximum absolute atomic E-state index is 12.4. The van der Waals surface area contributed by atoms with Gasteiger partial charge in [-0.3, -0.25) is 4.72 Å². The molecule has 0 bridgehead atoms. The number of hydrogen-bond acceptors (Lipinski definition) is 5. The number of aromatic nitrogens is 1. The summed E-state index contributed by atoms with van der Waals surface area (Å²) >= 11 is 7.17. The highest BCUT2D eigenvalue weighted by atomic mass is 35.5. The zero-order valence-corrected chi connectivity index (χ0v) is 14.1. The van der Waals surface area contributed by atoms with Crippen LogP contribution in [0.1, 0.15) is 17.4 Å². The minimum absolute atomic E-state index is 0.137. The standard InChI is InChI=1S/C13H16ClN3O2S2/c1-3-15-8-11-9(2)7-12(20-11)21(18,19)17-13-10(14)5-4-6-16-13/h4-7,15H,3,8H2,1-2H3,(H,16,17). The average Bonchev–Trinajstić information content (AvgIpc) is 2.81. The van der Waals surface area contributed by atoms with E-state index < -0.39 is 10.0 Å². The summed E-state index contributed by atoms with van der Waals surface area (Å²) in [7, 11) is -3.67. The third-order valence-corrected chi connectivity index (χ3v) is 6.14. The van der Waals surface area contributed by atoms with Gasteiger partial charge in [0.1, 0.15) is 4.21 Å². The molecular formula is C13H16ClN3O2S2. The van der Waals surface area contributed by atoms with Gasteiger partial charge in [0.05, 0.1) is 5.02 Å². The summed E-state index contributed by atoms with van der Waals surface area (Å²) in [5, 5.41) is 3.46. The van der Waals surface area contributed by atoms with Crippen LogP contribution in [-0.4, -0.2) is 19.9 Å². The van der Waals surface area contributed by atoms with Gasteiger partial charge in [0.25, 0.3) is 10.0 Å². The predicted molar refractivity (Wildman–Crippen MR) is 86.5 cm³/mol. The zero-order valence-electron chi connectivity index (χ0n) is 11.7. The summed E-state index contributed by atoms with van der Waals surface area (Å²) in [5.41, 5.74) is 0.952. The van der Waals surface area contributed by atoms with Crippen molar-refractivity contribution in [3.8, 4) is 0 Å². The summed E-state index contributed by atoms with van der Waals surface area (Å²) in [5.74, 6) is 0.137. The summed E-state index contributed by atoms with van der Waals surface area (Å²) in [4.78, 5) is 4.94. The Morgan fingerprint density at radius 3 is 2.86 bits per heavy atom. The molecule has 114 valence electrons. The van der Waals surface area contributed by atoms with E-state index in [1.54, 1.807) is 18.2 Å². The largest absolute Gasteiger partial charge is 0.312 e. The van der Waals surface area contributed by atoms with Gasteiger partial charge in [-0.1, -0.05) is 18.5 Å². The van der Waals surface area contributed by atoms with E-state index in [0.717, 1.165) is 17.0 Å². The molecule has 8 heteroatoms. The van der Waals surface area contributed by atoms with Gasteiger partial charge in [-0.25, -0.2) is 13.4 Å².